The Morgan fingerprint density at radius 1 is 0.500 bits per heavy atom. The molecule has 0 N–H and O–H groups in total. The van der Waals surface area contributed by atoms with E-state index in [4.69, 9.17) is 0 Å². The number of thioether (sulfide) groups is 4. The van der Waals surface area contributed by atoms with Crippen molar-refractivity contribution in [3.8, 4) is 0 Å². The van der Waals surface area contributed by atoms with Crippen molar-refractivity contribution in [2.75, 3.05) is 0 Å². The van der Waals surface area contributed by atoms with Gasteiger partial charge in [0.05, 0.1) is 8.47 Å². The fraction of sp³-hybridized carbons (Fsp3) is 0.455. The van der Waals surface area contributed by atoms with Gasteiger partial charge in [0.1, 0.15) is 0 Å². The third-order valence-electron chi connectivity index (χ3n) is 5.37. The molecule has 0 fully saturated rings. The van der Waals surface area contributed by atoms with E-state index >= 15 is 0 Å². The topological polar surface area (TPSA) is 0 Å². The summed E-state index contributed by atoms with van der Waals surface area (Å²) in [7, 11) is 0. The van der Waals surface area contributed by atoms with Gasteiger partial charge in [0.2, 0.25) is 0 Å². The fourth-order valence-electron chi connectivity index (χ4n) is 3.55. The van der Waals surface area contributed by atoms with Crippen LogP contribution in [-0.4, -0.2) is 0 Å². The van der Waals surface area contributed by atoms with E-state index in [0.29, 0.717) is 0 Å². The van der Waals surface area contributed by atoms with Gasteiger partial charge in [0, 0.05) is 10.4 Å². The lowest BCUT2D eigenvalue weighted by atomic mass is 9.92. The average Bonchev–Trinajstić information content (AvgIpc) is 3.10. The molecule has 2 aliphatic rings. The molecule has 0 nitrogen and oxygen atoms in total. The van der Waals surface area contributed by atoms with Crippen molar-refractivity contribution in [3.05, 3.63) is 52.3 Å². The number of hydrogen-bond acceptors (Lipinski definition) is 4. The van der Waals surface area contributed by atoms with Crippen LogP contribution < -0.4 is 10.4 Å². The zero-order valence-electron chi connectivity index (χ0n) is 17.0. The van der Waals surface area contributed by atoms with Crippen molar-refractivity contribution in [3.63, 3.8) is 0 Å². The first-order chi connectivity index (χ1) is 12.3. The van der Waals surface area contributed by atoms with Crippen LogP contribution >= 0.6 is 47.0 Å². The normalized spacial score (nSPS) is 18.0. The predicted molar refractivity (Wildman–Crippen MR) is 128 cm³/mol. The van der Waals surface area contributed by atoms with Crippen LogP contribution in [0, 0.1) is 13.8 Å². The molecule has 0 atom stereocenters. The molecule has 0 aliphatic carbocycles. The molecule has 0 saturated heterocycles. The molecule has 1 aromatic carbocycles. The maximum Gasteiger partial charge on any atom is 0.0570 e. The Labute approximate surface area is 175 Å². The van der Waals surface area contributed by atoms with Crippen molar-refractivity contribution in [1.82, 2.24) is 0 Å². The van der Waals surface area contributed by atoms with Crippen molar-refractivity contribution in [2.45, 2.75) is 68.2 Å². The maximum atomic E-state index is 2.34. The molecule has 0 radical (unpaired) electrons. The van der Waals surface area contributed by atoms with E-state index in [1.54, 1.807) is 11.1 Å². The third-order valence-corrected chi connectivity index (χ3v) is 10.6. The minimum absolute atomic E-state index is 1.10. The molecule has 1 aromatic rings. The predicted octanol–water partition coefficient (Wildman–Crippen LogP) is 7.02. The second-order valence-corrected chi connectivity index (χ2v) is 12.3. The van der Waals surface area contributed by atoms with Gasteiger partial charge >= 0.3 is 0 Å². The molecule has 0 spiro atoms. The molecule has 0 bridgehead atoms. The molecule has 0 saturated carbocycles. The number of benzene rings is 1. The Morgan fingerprint density at radius 3 is 1.00 bits per heavy atom. The van der Waals surface area contributed by atoms with Crippen molar-refractivity contribution in [1.29, 1.82) is 0 Å². The highest BCUT2D eigenvalue weighted by Crippen LogP contribution is 2.50. The Balaban J connectivity index is 2.39. The quantitative estimate of drug-likeness (QED) is 0.504. The van der Waals surface area contributed by atoms with Gasteiger partial charge in [0.25, 0.3) is 0 Å². The van der Waals surface area contributed by atoms with Gasteiger partial charge in [-0.15, -0.1) is 0 Å². The lowest BCUT2D eigenvalue weighted by Gasteiger charge is -2.17. The summed E-state index contributed by atoms with van der Waals surface area (Å²) in [6.45, 7) is 18.3. The van der Waals surface area contributed by atoms with E-state index in [-0.39, 0.29) is 0 Å². The summed E-state index contributed by atoms with van der Waals surface area (Å²) >= 11 is 7.88. The molecule has 140 valence electrons. The largest absolute Gasteiger partial charge is 0.0860 e. The van der Waals surface area contributed by atoms with Crippen LogP contribution in [0.15, 0.2) is 19.6 Å². The van der Waals surface area contributed by atoms with Gasteiger partial charge in [-0.3, -0.25) is 0 Å². The molecule has 3 rings (SSSR count). The number of hydrogen-bond donors (Lipinski definition) is 0. The first kappa shape index (κ1) is 20.6. The summed E-state index contributed by atoms with van der Waals surface area (Å²) < 4.78 is 2.97. The average molecular weight is 421 g/mol. The van der Waals surface area contributed by atoms with E-state index in [9.17, 15) is 0 Å². The van der Waals surface area contributed by atoms with E-state index in [1.165, 1.54) is 49.7 Å². The minimum Gasteiger partial charge on any atom is -0.0860 e. The van der Waals surface area contributed by atoms with E-state index in [0.717, 1.165) is 12.8 Å². The summed E-state index contributed by atoms with van der Waals surface area (Å²) in [5.41, 5.74) is 6.09. The molecule has 2 aliphatic heterocycles. The summed E-state index contributed by atoms with van der Waals surface area (Å²) in [4.78, 5) is 5.83. The van der Waals surface area contributed by atoms with Gasteiger partial charge in [-0.1, -0.05) is 60.9 Å². The van der Waals surface area contributed by atoms with Gasteiger partial charge in [-0.25, -0.2) is 0 Å². The van der Waals surface area contributed by atoms with Crippen LogP contribution in [-0.2, 0) is 12.8 Å². The Kier molecular flexibility index (Phi) is 6.38. The maximum absolute atomic E-state index is 2.34. The highest BCUT2D eigenvalue weighted by Gasteiger charge is 2.22. The summed E-state index contributed by atoms with van der Waals surface area (Å²) in [6, 6.07) is 0. The molecule has 0 unspecified atom stereocenters. The monoisotopic (exact) mass is 420 g/mol. The smallest absolute Gasteiger partial charge is 0.0570 e. The van der Waals surface area contributed by atoms with Crippen LogP contribution in [0.1, 0.15) is 63.8 Å². The number of rotatable bonds is 2. The van der Waals surface area contributed by atoms with Crippen molar-refractivity contribution < 1.29 is 0 Å². The zero-order chi connectivity index (χ0) is 19.2. The highest BCUT2D eigenvalue weighted by atomic mass is 32.2. The molecule has 26 heavy (non-hydrogen) atoms. The second-order valence-electron chi connectivity index (χ2n) is 6.87. The van der Waals surface area contributed by atoms with Crippen molar-refractivity contribution >= 4 is 55.5 Å². The number of allylic oxidation sites excluding steroid dienone is 4. The van der Waals surface area contributed by atoms with Gasteiger partial charge in [-0.2, -0.15) is 0 Å². The van der Waals surface area contributed by atoms with E-state index in [2.05, 4.69) is 55.4 Å². The highest BCUT2D eigenvalue weighted by molar-refractivity contribution is 8.36. The van der Waals surface area contributed by atoms with Gasteiger partial charge < -0.3 is 0 Å². The lowest BCUT2D eigenvalue weighted by molar-refractivity contribution is 0.992. The van der Waals surface area contributed by atoms with Crippen molar-refractivity contribution in [2.24, 2.45) is 0 Å². The molecule has 2 heterocycles. The van der Waals surface area contributed by atoms with Gasteiger partial charge in [0.15, 0.2) is 0 Å². The Hall–Kier alpha value is -0.160. The molecule has 4 heteroatoms. The lowest BCUT2D eigenvalue weighted by Crippen LogP contribution is -2.29. The molecular weight excluding hydrogens is 393 g/mol. The van der Waals surface area contributed by atoms with Gasteiger partial charge in [-0.05, 0) is 96.3 Å². The summed E-state index contributed by atoms with van der Waals surface area (Å²) in [6.07, 6.45) is 2.20. The second kappa shape index (κ2) is 8.06. The van der Waals surface area contributed by atoms with E-state index in [1.807, 2.05) is 47.0 Å². The minimum atomic E-state index is 1.10. The summed E-state index contributed by atoms with van der Waals surface area (Å²) in [5.74, 6) is 0. The van der Waals surface area contributed by atoms with E-state index < -0.39 is 0 Å². The fourth-order valence-corrected chi connectivity index (χ4v) is 9.09. The Morgan fingerprint density at radius 2 is 0.769 bits per heavy atom. The molecular formula is C22H28S4. The SMILES string of the molecule is CCc1c(CC)c(=C2SC(C)=C(C)S2)c(C)c(C)c1=C1SC(C)=C(C)S1. The standard InChI is InChI=1S/C22H28S4/c1-9-17-18(10-2)20(22-25-15(7)16(8)26-22)12(4)11(3)19(17)21-23-13(5)14(6)24-21/h9-10H2,1-8H3. The third kappa shape index (κ3) is 3.47. The van der Waals surface area contributed by atoms with Crippen LogP contribution in [0.5, 0.6) is 0 Å². The molecule has 0 amide bonds. The summed E-state index contributed by atoms with van der Waals surface area (Å²) in [5, 5.41) is 3.04. The van der Waals surface area contributed by atoms with Crippen LogP contribution in [0.4, 0.5) is 0 Å². The first-order valence-electron chi connectivity index (χ1n) is 9.25. The van der Waals surface area contributed by atoms with Crippen LogP contribution in [0.2, 0.25) is 0 Å². The first-order valence-corrected chi connectivity index (χ1v) is 12.5. The Bertz CT molecular complexity index is 850. The van der Waals surface area contributed by atoms with Crippen LogP contribution in [0.25, 0.3) is 8.47 Å². The zero-order valence-corrected chi connectivity index (χ0v) is 20.3. The van der Waals surface area contributed by atoms with Crippen LogP contribution in [0.3, 0.4) is 0 Å². The molecule has 0 aromatic heterocycles.